The van der Waals surface area contributed by atoms with Crippen molar-refractivity contribution in [1.82, 2.24) is 20.0 Å². The SMILES string of the molecule is CCn1nnc2c(C)c(C(c3nc(CO)c(C)s3)C(C)(C)C(=O)OCc3ccccc3)ccc21. The minimum atomic E-state index is -0.926. The third-order valence-corrected chi connectivity index (χ3v) is 7.44. The summed E-state index contributed by atoms with van der Waals surface area (Å²) in [6.45, 7) is 10.6. The van der Waals surface area contributed by atoms with E-state index in [4.69, 9.17) is 9.72 Å². The summed E-state index contributed by atoms with van der Waals surface area (Å²) in [6, 6.07) is 13.7. The summed E-state index contributed by atoms with van der Waals surface area (Å²) in [5.74, 6) is -0.688. The zero-order chi connectivity index (χ0) is 24.5. The molecule has 0 aliphatic carbocycles. The number of fused-ring (bicyclic) bond motifs is 1. The van der Waals surface area contributed by atoms with Crippen LogP contribution in [-0.4, -0.2) is 31.1 Å². The predicted molar refractivity (Wildman–Crippen MR) is 133 cm³/mol. The van der Waals surface area contributed by atoms with E-state index in [0.29, 0.717) is 5.69 Å². The minimum Gasteiger partial charge on any atom is -0.460 e. The lowest BCUT2D eigenvalue weighted by Gasteiger charge is -2.32. The molecule has 0 amide bonds. The number of nitrogens with zero attached hydrogens (tertiary/aromatic N) is 4. The molecule has 4 rings (SSSR count). The largest absolute Gasteiger partial charge is 0.460 e. The van der Waals surface area contributed by atoms with Crippen LogP contribution in [0.4, 0.5) is 0 Å². The van der Waals surface area contributed by atoms with Crippen LogP contribution in [0, 0.1) is 19.3 Å². The lowest BCUT2D eigenvalue weighted by molar-refractivity contribution is -0.156. The number of hydrogen-bond donors (Lipinski definition) is 1. The van der Waals surface area contributed by atoms with Gasteiger partial charge in [0.1, 0.15) is 17.1 Å². The van der Waals surface area contributed by atoms with Crippen LogP contribution in [0.15, 0.2) is 42.5 Å². The van der Waals surface area contributed by atoms with Gasteiger partial charge < -0.3 is 9.84 Å². The van der Waals surface area contributed by atoms with E-state index in [2.05, 4.69) is 10.3 Å². The van der Waals surface area contributed by atoms with Crippen LogP contribution >= 0.6 is 11.3 Å². The first-order chi connectivity index (χ1) is 16.3. The minimum absolute atomic E-state index is 0.142. The number of carbonyl (C=O) groups excluding carboxylic acids is 1. The zero-order valence-electron chi connectivity index (χ0n) is 20.2. The highest BCUT2D eigenvalue weighted by Gasteiger charge is 2.43. The second-order valence-electron chi connectivity index (χ2n) is 8.98. The van der Waals surface area contributed by atoms with Gasteiger partial charge in [0.15, 0.2) is 0 Å². The van der Waals surface area contributed by atoms with E-state index < -0.39 is 5.41 Å². The normalized spacial score (nSPS) is 12.8. The van der Waals surface area contributed by atoms with Crippen LogP contribution in [0.3, 0.4) is 0 Å². The number of aliphatic hydroxyl groups is 1. The summed E-state index contributed by atoms with van der Waals surface area (Å²) < 4.78 is 7.64. The second kappa shape index (κ2) is 9.64. The van der Waals surface area contributed by atoms with E-state index in [1.807, 2.05) is 81.8 Å². The number of hydrogen-bond acceptors (Lipinski definition) is 7. The third-order valence-electron chi connectivity index (χ3n) is 6.36. The smallest absolute Gasteiger partial charge is 0.312 e. The maximum absolute atomic E-state index is 13.5. The molecule has 2 heterocycles. The van der Waals surface area contributed by atoms with Crippen molar-refractivity contribution >= 4 is 28.3 Å². The van der Waals surface area contributed by atoms with Gasteiger partial charge in [0.05, 0.1) is 29.2 Å². The Hall–Kier alpha value is -3.10. The second-order valence-corrected chi connectivity index (χ2v) is 10.2. The topological polar surface area (TPSA) is 90.1 Å². The average Bonchev–Trinajstić information content (AvgIpc) is 3.42. The molecule has 2 aromatic carbocycles. The molecule has 1 N–H and O–H groups in total. The number of aliphatic hydroxyl groups excluding tert-OH is 1. The number of esters is 1. The molecule has 0 aliphatic heterocycles. The van der Waals surface area contributed by atoms with E-state index >= 15 is 0 Å². The molecule has 7 nitrogen and oxygen atoms in total. The molecule has 0 aliphatic rings. The van der Waals surface area contributed by atoms with Crippen LogP contribution in [0.2, 0.25) is 0 Å². The van der Waals surface area contributed by atoms with Gasteiger partial charge in [-0.15, -0.1) is 16.4 Å². The number of carbonyl (C=O) groups is 1. The molecule has 0 saturated carbocycles. The van der Waals surface area contributed by atoms with Crippen LogP contribution in [0.5, 0.6) is 0 Å². The fraction of sp³-hybridized carbons (Fsp3) is 0.385. The zero-order valence-corrected chi connectivity index (χ0v) is 21.0. The maximum Gasteiger partial charge on any atom is 0.312 e. The van der Waals surface area contributed by atoms with Crippen molar-refractivity contribution in [2.45, 2.75) is 60.3 Å². The summed E-state index contributed by atoms with van der Waals surface area (Å²) in [6.07, 6.45) is 0. The van der Waals surface area contributed by atoms with E-state index in [1.165, 1.54) is 11.3 Å². The average molecular weight is 479 g/mol. The van der Waals surface area contributed by atoms with Gasteiger partial charge in [-0.25, -0.2) is 9.67 Å². The highest BCUT2D eigenvalue weighted by atomic mass is 32.1. The fourth-order valence-electron chi connectivity index (χ4n) is 4.31. The Bertz CT molecular complexity index is 1310. The molecule has 2 aromatic heterocycles. The Balaban J connectivity index is 1.78. The number of aromatic nitrogens is 4. The highest BCUT2D eigenvalue weighted by Crippen LogP contribution is 2.46. The summed E-state index contributed by atoms with van der Waals surface area (Å²) in [5, 5.41) is 19.2. The summed E-state index contributed by atoms with van der Waals surface area (Å²) in [4.78, 5) is 19.2. The summed E-state index contributed by atoms with van der Waals surface area (Å²) in [5.41, 5.74) is 4.33. The Morgan fingerprint density at radius 3 is 2.56 bits per heavy atom. The lowest BCUT2D eigenvalue weighted by Crippen LogP contribution is -2.34. The van der Waals surface area contributed by atoms with Crippen LogP contribution in [0.1, 0.15) is 59.0 Å². The first-order valence-corrected chi connectivity index (χ1v) is 12.2. The van der Waals surface area contributed by atoms with E-state index in [1.54, 1.807) is 0 Å². The fourth-order valence-corrected chi connectivity index (χ4v) is 5.54. The van der Waals surface area contributed by atoms with E-state index in [-0.39, 0.29) is 25.1 Å². The number of ether oxygens (including phenoxy) is 1. The van der Waals surface area contributed by atoms with Crippen molar-refractivity contribution in [1.29, 1.82) is 0 Å². The Morgan fingerprint density at radius 2 is 1.91 bits per heavy atom. The van der Waals surface area contributed by atoms with Gasteiger partial charge >= 0.3 is 5.97 Å². The Kier molecular flexibility index (Phi) is 6.81. The van der Waals surface area contributed by atoms with Gasteiger partial charge in [-0.2, -0.15) is 0 Å². The molecule has 0 radical (unpaired) electrons. The number of benzene rings is 2. The number of thiazole rings is 1. The summed E-state index contributed by atoms with van der Waals surface area (Å²) in [7, 11) is 0. The van der Waals surface area contributed by atoms with Crippen molar-refractivity contribution in [2.24, 2.45) is 5.41 Å². The maximum atomic E-state index is 13.5. The molecule has 0 bridgehead atoms. The molecular weight excluding hydrogens is 448 g/mol. The Morgan fingerprint density at radius 1 is 1.18 bits per heavy atom. The van der Waals surface area contributed by atoms with Crippen molar-refractivity contribution < 1.29 is 14.6 Å². The lowest BCUT2D eigenvalue weighted by atomic mass is 9.73. The number of aryl methyl sites for hydroxylation is 3. The third kappa shape index (κ3) is 4.35. The molecule has 34 heavy (non-hydrogen) atoms. The molecule has 178 valence electrons. The van der Waals surface area contributed by atoms with Gasteiger partial charge in [-0.1, -0.05) is 41.6 Å². The van der Waals surface area contributed by atoms with Crippen molar-refractivity contribution in [2.75, 3.05) is 0 Å². The summed E-state index contributed by atoms with van der Waals surface area (Å²) >= 11 is 1.50. The first kappa shape index (κ1) is 24.0. The van der Waals surface area contributed by atoms with Crippen molar-refractivity contribution in [3.05, 3.63) is 74.7 Å². The van der Waals surface area contributed by atoms with Crippen LogP contribution < -0.4 is 0 Å². The van der Waals surface area contributed by atoms with Crippen molar-refractivity contribution in [3.63, 3.8) is 0 Å². The van der Waals surface area contributed by atoms with Crippen molar-refractivity contribution in [3.8, 4) is 0 Å². The molecule has 4 aromatic rings. The van der Waals surface area contributed by atoms with Gasteiger partial charge in [-0.05, 0) is 57.4 Å². The molecule has 0 spiro atoms. The molecular formula is C26H30N4O3S. The molecule has 1 atom stereocenters. The quantitative estimate of drug-likeness (QED) is 0.362. The molecule has 1 unspecified atom stereocenters. The molecule has 0 fully saturated rings. The number of rotatable bonds is 8. The van der Waals surface area contributed by atoms with Gasteiger partial charge in [0.25, 0.3) is 0 Å². The predicted octanol–water partition coefficient (Wildman–Crippen LogP) is 4.92. The monoisotopic (exact) mass is 478 g/mol. The van der Waals surface area contributed by atoms with Crippen LogP contribution in [-0.2, 0) is 29.3 Å². The van der Waals surface area contributed by atoms with Gasteiger partial charge in [0.2, 0.25) is 0 Å². The highest BCUT2D eigenvalue weighted by molar-refractivity contribution is 7.11. The molecule has 0 saturated heterocycles. The standard InChI is InChI=1S/C26H30N4O3S/c1-6-30-21-13-12-19(16(2)23(21)28-29-30)22(24-27-20(14-31)17(3)34-24)26(4,5)25(32)33-15-18-10-8-7-9-11-18/h7-13,22,31H,6,14-15H2,1-5H3. The molecule has 8 heteroatoms. The van der Waals surface area contributed by atoms with E-state index in [9.17, 15) is 9.90 Å². The van der Waals surface area contributed by atoms with Crippen LogP contribution in [0.25, 0.3) is 11.0 Å². The van der Waals surface area contributed by atoms with Gasteiger partial charge in [0, 0.05) is 11.4 Å². The van der Waals surface area contributed by atoms with E-state index in [0.717, 1.165) is 44.2 Å². The first-order valence-electron chi connectivity index (χ1n) is 11.4. The van der Waals surface area contributed by atoms with Gasteiger partial charge in [-0.3, -0.25) is 4.79 Å². The Labute approximate surface area is 203 Å².